The van der Waals surface area contributed by atoms with Crippen molar-refractivity contribution >= 4 is 22.4 Å². The number of carbonyl (C=O) groups is 1. The van der Waals surface area contributed by atoms with E-state index in [1.165, 1.54) is 11.3 Å². The van der Waals surface area contributed by atoms with Gasteiger partial charge in [-0.05, 0) is 20.8 Å². The van der Waals surface area contributed by atoms with Crippen molar-refractivity contribution in [1.29, 1.82) is 0 Å². The topological polar surface area (TPSA) is 53.4 Å². The second-order valence-electron chi connectivity index (χ2n) is 4.05. The van der Waals surface area contributed by atoms with Gasteiger partial charge in [0.25, 0.3) is 0 Å². The molecule has 4 nitrogen and oxygen atoms in total. The zero-order valence-electron chi connectivity index (χ0n) is 8.74. The average Bonchev–Trinajstić information content (AvgIpc) is 2.48. The SMILES string of the molecule is CN(c1nc(C(=O)O)cs1)C(C)(C)C. The van der Waals surface area contributed by atoms with Crippen LogP contribution in [0.2, 0.25) is 0 Å². The van der Waals surface area contributed by atoms with Gasteiger partial charge in [-0.25, -0.2) is 9.78 Å². The molecule has 0 aliphatic carbocycles. The number of aromatic carboxylic acids is 1. The van der Waals surface area contributed by atoms with Gasteiger partial charge in [-0.3, -0.25) is 0 Å². The predicted molar refractivity (Wildman–Crippen MR) is 57.2 cm³/mol. The molecule has 0 bridgehead atoms. The van der Waals surface area contributed by atoms with Crippen LogP contribution in [0.3, 0.4) is 0 Å². The van der Waals surface area contributed by atoms with Gasteiger partial charge in [0.2, 0.25) is 0 Å². The lowest BCUT2D eigenvalue weighted by atomic mass is 10.1. The van der Waals surface area contributed by atoms with E-state index in [1.807, 2.05) is 11.9 Å². The Hall–Kier alpha value is -1.10. The molecule has 78 valence electrons. The summed E-state index contributed by atoms with van der Waals surface area (Å²) in [6, 6.07) is 0. The Labute approximate surface area is 87.2 Å². The van der Waals surface area contributed by atoms with Crippen molar-refractivity contribution in [3.8, 4) is 0 Å². The molecule has 1 aromatic rings. The Bertz CT molecular complexity index is 341. The molecule has 0 fully saturated rings. The summed E-state index contributed by atoms with van der Waals surface area (Å²) in [4.78, 5) is 16.6. The summed E-state index contributed by atoms with van der Waals surface area (Å²) in [7, 11) is 1.91. The molecule has 0 saturated heterocycles. The minimum Gasteiger partial charge on any atom is -0.476 e. The van der Waals surface area contributed by atoms with Crippen LogP contribution in [0.15, 0.2) is 5.38 Å². The summed E-state index contributed by atoms with van der Waals surface area (Å²) in [6.45, 7) is 6.15. The molecule has 1 N–H and O–H groups in total. The molecule has 0 aromatic carbocycles. The Morgan fingerprint density at radius 2 is 2.14 bits per heavy atom. The van der Waals surface area contributed by atoms with E-state index in [-0.39, 0.29) is 11.2 Å². The lowest BCUT2D eigenvalue weighted by molar-refractivity contribution is 0.0691. The fourth-order valence-electron chi connectivity index (χ4n) is 0.803. The number of carboxylic acids is 1. The van der Waals surface area contributed by atoms with Crippen LogP contribution in [0, 0.1) is 0 Å². The van der Waals surface area contributed by atoms with Crippen LogP contribution in [-0.4, -0.2) is 28.6 Å². The van der Waals surface area contributed by atoms with Gasteiger partial charge in [0, 0.05) is 18.0 Å². The molecule has 1 aromatic heterocycles. The summed E-state index contributed by atoms with van der Waals surface area (Å²) in [5.41, 5.74) is 0.0641. The Morgan fingerprint density at radius 1 is 1.57 bits per heavy atom. The molecular formula is C9H14N2O2S. The third-order valence-electron chi connectivity index (χ3n) is 2.00. The number of anilines is 1. The van der Waals surface area contributed by atoms with Crippen molar-refractivity contribution in [1.82, 2.24) is 4.98 Å². The molecule has 0 radical (unpaired) electrons. The second-order valence-corrected chi connectivity index (χ2v) is 4.89. The Balaban J connectivity index is 2.92. The zero-order chi connectivity index (χ0) is 10.9. The Morgan fingerprint density at radius 3 is 2.50 bits per heavy atom. The van der Waals surface area contributed by atoms with E-state index in [1.54, 1.807) is 5.38 Å². The highest BCUT2D eigenvalue weighted by Crippen LogP contribution is 2.25. The number of nitrogens with zero attached hydrogens (tertiary/aromatic N) is 2. The standard InChI is InChI=1S/C9H14N2O2S/c1-9(2,3)11(4)8-10-6(5-14-8)7(12)13/h5H,1-4H3,(H,12,13). The second kappa shape index (κ2) is 3.57. The number of aromatic nitrogens is 1. The van der Waals surface area contributed by atoms with Crippen molar-refractivity contribution in [2.75, 3.05) is 11.9 Å². The highest BCUT2D eigenvalue weighted by atomic mass is 32.1. The monoisotopic (exact) mass is 214 g/mol. The third kappa shape index (κ3) is 2.23. The van der Waals surface area contributed by atoms with Crippen LogP contribution < -0.4 is 4.90 Å². The summed E-state index contributed by atoms with van der Waals surface area (Å²) in [5, 5.41) is 11.0. The molecule has 0 unspecified atom stereocenters. The number of rotatable bonds is 2. The molecule has 0 spiro atoms. The number of hydrogen-bond donors (Lipinski definition) is 1. The van der Waals surface area contributed by atoms with Gasteiger partial charge in [-0.15, -0.1) is 11.3 Å². The average molecular weight is 214 g/mol. The number of hydrogen-bond acceptors (Lipinski definition) is 4. The van der Waals surface area contributed by atoms with Gasteiger partial charge in [-0.2, -0.15) is 0 Å². The van der Waals surface area contributed by atoms with Crippen LogP contribution in [0.25, 0.3) is 0 Å². The van der Waals surface area contributed by atoms with E-state index in [0.717, 1.165) is 5.13 Å². The maximum atomic E-state index is 10.6. The maximum Gasteiger partial charge on any atom is 0.355 e. The van der Waals surface area contributed by atoms with Crippen molar-refractivity contribution in [2.45, 2.75) is 26.3 Å². The normalized spacial score (nSPS) is 11.4. The summed E-state index contributed by atoms with van der Waals surface area (Å²) in [5.74, 6) is -0.977. The minimum atomic E-state index is -0.977. The summed E-state index contributed by atoms with van der Waals surface area (Å²) in [6.07, 6.45) is 0. The molecule has 14 heavy (non-hydrogen) atoms. The van der Waals surface area contributed by atoms with Crippen molar-refractivity contribution < 1.29 is 9.90 Å². The molecule has 1 heterocycles. The van der Waals surface area contributed by atoms with Crippen molar-refractivity contribution in [3.05, 3.63) is 11.1 Å². The van der Waals surface area contributed by atoms with Gasteiger partial charge in [0.1, 0.15) is 0 Å². The zero-order valence-corrected chi connectivity index (χ0v) is 9.55. The molecule has 0 aliphatic heterocycles. The van der Waals surface area contributed by atoms with Gasteiger partial charge in [0.15, 0.2) is 10.8 Å². The molecule has 0 aliphatic rings. The highest BCUT2D eigenvalue weighted by molar-refractivity contribution is 7.13. The Kier molecular flexibility index (Phi) is 2.80. The minimum absolute atomic E-state index is 0.0480. The fourth-order valence-corrected chi connectivity index (χ4v) is 1.76. The van der Waals surface area contributed by atoms with E-state index in [2.05, 4.69) is 25.8 Å². The molecule has 5 heteroatoms. The largest absolute Gasteiger partial charge is 0.476 e. The van der Waals surface area contributed by atoms with Gasteiger partial charge in [0.05, 0.1) is 0 Å². The van der Waals surface area contributed by atoms with E-state index in [4.69, 9.17) is 5.11 Å². The van der Waals surface area contributed by atoms with Crippen LogP contribution in [-0.2, 0) is 0 Å². The third-order valence-corrected chi connectivity index (χ3v) is 2.92. The van der Waals surface area contributed by atoms with Crippen LogP contribution in [0.1, 0.15) is 31.3 Å². The van der Waals surface area contributed by atoms with E-state index in [0.29, 0.717) is 0 Å². The summed E-state index contributed by atoms with van der Waals surface area (Å²) < 4.78 is 0. The van der Waals surface area contributed by atoms with Crippen LogP contribution in [0.5, 0.6) is 0 Å². The van der Waals surface area contributed by atoms with E-state index in [9.17, 15) is 4.79 Å². The van der Waals surface area contributed by atoms with Gasteiger partial charge < -0.3 is 10.0 Å². The fraction of sp³-hybridized carbons (Fsp3) is 0.556. The first-order chi connectivity index (χ1) is 6.32. The molecule has 0 saturated carbocycles. The van der Waals surface area contributed by atoms with Crippen LogP contribution >= 0.6 is 11.3 Å². The van der Waals surface area contributed by atoms with E-state index < -0.39 is 5.97 Å². The lowest BCUT2D eigenvalue weighted by Gasteiger charge is -2.31. The number of carboxylic acid groups (broad SMARTS) is 1. The first-order valence-electron chi connectivity index (χ1n) is 4.25. The van der Waals surface area contributed by atoms with Crippen molar-refractivity contribution in [2.24, 2.45) is 0 Å². The predicted octanol–water partition coefficient (Wildman–Crippen LogP) is 2.08. The van der Waals surface area contributed by atoms with Crippen LogP contribution in [0.4, 0.5) is 5.13 Å². The maximum absolute atomic E-state index is 10.6. The lowest BCUT2D eigenvalue weighted by Crippen LogP contribution is -2.37. The highest BCUT2D eigenvalue weighted by Gasteiger charge is 2.21. The van der Waals surface area contributed by atoms with Gasteiger partial charge >= 0.3 is 5.97 Å². The quantitative estimate of drug-likeness (QED) is 0.819. The first-order valence-corrected chi connectivity index (χ1v) is 5.13. The smallest absolute Gasteiger partial charge is 0.355 e. The summed E-state index contributed by atoms with van der Waals surface area (Å²) >= 11 is 1.35. The van der Waals surface area contributed by atoms with Crippen molar-refractivity contribution in [3.63, 3.8) is 0 Å². The number of thiazole rings is 1. The molecular weight excluding hydrogens is 200 g/mol. The molecule has 1 rings (SSSR count). The molecule has 0 atom stereocenters. The molecule has 0 amide bonds. The first kappa shape index (κ1) is 11.0. The van der Waals surface area contributed by atoms with Gasteiger partial charge in [-0.1, -0.05) is 0 Å². The van der Waals surface area contributed by atoms with E-state index >= 15 is 0 Å².